The Labute approximate surface area is 114 Å². The van der Waals surface area contributed by atoms with Crippen LogP contribution in [0.1, 0.15) is 26.2 Å². The third-order valence-electron chi connectivity index (χ3n) is 3.47. The summed E-state index contributed by atoms with van der Waals surface area (Å²) in [7, 11) is 0. The van der Waals surface area contributed by atoms with Gasteiger partial charge in [-0.2, -0.15) is 0 Å². The van der Waals surface area contributed by atoms with Crippen LogP contribution in [0.4, 0.5) is 20.2 Å². The number of Topliss-reactive ketones (excluding diaryl/α,β-unsaturated/α-hetero) is 1. The molecule has 0 amide bonds. The fraction of sp³-hybridized carbons (Fsp3) is 0.462. The molecular weight excluding hydrogens is 270 g/mol. The summed E-state index contributed by atoms with van der Waals surface area (Å²) in [6.45, 7) is 1.74. The predicted molar refractivity (Wildman–Crippen MR) is 68.7 cm³/mol. The molecule has 0 bridgehead atoms. The zero-order valence-corrected chi connectivity index (χ0v) is 10.9. The van der Waals surface area contributed by atoms with E-state index >= 15 is 0 Å². The second-order valence-corrected chi connectivity index (χ2v) is 4.83. The molecule has 108 valence electrons. The second kappa shape index (κ2) is 5.52. The molecule has 5 nitrogen and oxygen atoms in total. The molecule has 1 unspecified atom stereocenters. The van der Waals surface area contributed by atoms with Gasteiger partial charge in [-0.05, 0) is 26.2 Å². The van der Waals surface area contributed by atoms with Crippen molar-refractivity contribution in [2.75, 3.05) is 11.4 Å². The van der Waals surface area contributed by atoms with Gasteiger partial charge in [-0.15, -0.1) is 0 Å². The summed E-state index contributed by atoms with van der Waals surface area (Å²) in [6, 6.07) is 0.795. The molecule has 1 fully saturated rings. The van der Waals surface area contributed by atoms with Crippen LogP contribution in [0, 0.1) is 21.7 Å². The van der Waals surface area contributed by atoms with E-state index in [1.165, 1.54) is 11.8 Å². The van der Waals surface area contributed by atoms with Crippen LogP contribution in [0.25, 0.3) is 0 Å². The maximum Gasteiger partial charge on any atom is 0.275 e. The summed E-state index contributed by atoms with van der Waals surface area (Å²) in [6.07, 6.45) is 2.07. The lowest BCUT2D eigenvalue weighted by atomic mass is 9.98. The van der Waals surface area contributed by atoms with Gasteiger partial charge in [0.1, 0.15) is 5.69 Å². The minimum atomic E-state index is -1.01. The minimum Gasteiger partial charge on any atom is -0.357 e. The molecule has 1 aromatic carbocycles. The van der Waals surface area contributed by atoms with E-state index in [-0.39, 0.29) is 11.5 Å². The van der Waals surface area contributed by atoms with Gasteiger partial charge in [-0.25, -0.2) is 8.78 Å². The number of hydrogen-bond donors (Lipinski definition) is 0. The Hall–Kier alpha value is -2.05. The van der Waals surface area contributed by atoms with E-state index in [0.717, 1.165) is 12.8 Å². The minimum absolute atomic E-state index is 0.165. The second-order valence-electron chi connectivity index (χ2n) is 4.83. The predicted octanol–water partition coefficient (Wildman–Crippen LogP) is 2.82. The van der Waals surface area contributed by atoms with Gasteiger partial charge in [-0.1, -0.05) is 0 Å². The molecule has 0 N–H and O–H groups in total. The number of benzene rings is 1. The first-order valence-electron chi connectivity index (χ1n) is 6.32. The van der Waals surface area contributed by atoms with Crippen molar-refractivity contribution in [3.63, 3.8) is 0 Å². The number of carbonyl (C=O) groups excluding carboxylic acids is 1. The summed E-state index contributed by atoms with van der Waals surface area (Å²) in [5.74, 6) is -2.18. The summed E-state index contributed by atoms with van der Waals surface area (Å²) in [5.41, 5.74) is -0.990. The Morgan fingerprint density at radius 2 is 1.95 bits per heavy atom. The van der Waals surface area contributed by atoms with Crippen LogP contribution in [0.2, 0.25) is 0 Å². The molecule has 2 rings (SSSR count). The Bertz CT molecular complexity index is 540. The Kier molecular flexibility index (Phi) is 3.96. The Morgan fingerprint density at radius 3 is 2.45 bits per heavy atom. The van der Waals surface area contributed by atoms with E-state index in [0.29, 0.717) is 25.1 Å². The molecule has 1 saturated heterocycles. The van der Waals surface area contributed by atoms with E-state index in [4.69, 9.17) is 0 Å². The van der Waals surface area contributed by atoms with E-state index in [1.54, 1.807) is 0 Å². The SMILES string of the molecule is CC(=O)C1CCCCN1c1c(F)cc([N+](=O)[O-])cc1F. The highest BCUT2D eigenvalue weighted by atomic mass is 19.1. The van der Waals surface area contributed by atoms with Gasteiger partial charge < -0.3 is 4.90 Å². The topological polar surface area (TPSA) is 63.5 Å². The van der Waals surface area contributed by atoms with Gasteiger partial charge in [-0.3, -0.25) is 14.9 Å². The largest absolute Gasteiger partial charge is 0.357 e. The number of halogens is 2. The average molecular weight is 284 g/mol. The number of carbonyl (C=O) groups is 1. The summed E-state index contributed by atoms with van der Waals surface area (Å²) >= 11 is 0. The van der Waals surface area contributed by atoms with Crippen molar-refractivity contribution in [2.24, 2.45) is 0 Å². The maximum absolute atomic E-state index is 14.0. The van der Waals surface area contributed by atoms with Crippen LogP contribution in [0.15, 0.2) is 12.1 Å². The molecule has 1 aromatic rings. The number of nitro benzene ring substituents is 1. The van der Waals surface area contributed by atoms with Gasteiger partial charge in [0.05, 0.1) is 23.1 Å². The zero-order valence-electron chi connectivity index (χ0n) is 10.9. The summed E-state index contributed by atoms with van der Waals surface area (Å²) in [4.78, 5) is 22.7. The number of rotatable bonds is 3. The van der Waals surface area contributed by atoms with E-state index in [1.807, 2.05) is 0 Å². The van der Waals surface area contributed by atoms with Crippen molar-refractivity contribution in [2.45, 2.75) is 32.2 Å². The quantitative estimate of drug-likeness (QED) is 0.632. The molecule has 1 aliphatic heterocycles. The van der Waals surface area contributed by atoms with Crippen LogP contribution in [-0.2, 0) is 4.79 Å². The fourth-order valence-corrected chi connectivity index (χ4v) is 2.55. The van der Waals surface area contributed by atoms with E-state index < -0.39 is 28.3 Å². The Balaban J connectivity index is 2.45. The van der Waals surface area contributed by atoms with Crippen molar-refractivity contribution in [3.8, 4) is 0 Å². The number of hydrogen-bond acceptors (Lipinski definition) is 4. The number of ketones is 1. The van der Waals surface area contributed by atoms with Crippen LogP contribution in [0.3, 0.4) is 0 Å². The Morgan fingerprint density at radius 1 is 1.35 bits per heavy atom. The third-order valence-corrected chi connectivity index (χ3v) is 3.47. The highest BCUT2D eigenvalue weighted by Gasteiger charge is 2.31. The molecule has 0 aromatic heterocycles. The highest BCUT2D eigenvalue weighted by Crippen LogP contribution is 2.32. The number of anilines is 1. The first kappa shape index (κ1) is 14.4. The summed E-state index contributed by atoms with van der Waals surface area (Å²) < 4.78 is 28.0. The van der Waals surface area contributed by atoms with Crippen LogP contribution < -0.4 is 4.90 Å². The third kappa shape index (κ3) is 2.61. The van der Waals surface area contributed by atoms with E-state index in [2.05, 4.69) is 0 Å². The molecule has 1 heterocycles. The first-order chi connectivity index (χ1) is 9.41. The monoisotopic (exact) mass is 284 g/mol. The molecule has 0 saturated carbocycles. The number of nitro groups is 1. The van der Waals surface area contributed by atoms with Crippen LogP contribution in [0.5, 0.6) is 0 Å². The molecule has 1 aliphatic rings. The van der Waals surface area contributed by atoms with Crippen molar-refractivity contribution in [1.29, 1.82) is 0 Å². The van der Waals surface area contributed by atoms with Crippen LogP contribution in [-0.4, -0.2) is 23.3 Å². The van der Waals surface area contributed by atoms with Crippen molar-refractivity contribution in [1.82, 2.24) is 0 Å². The normalized spacial score (nSPS) is 18.9. The lowest BCUT2D eigenvalue weighted by molar-refractivity contribution is -0.385. The number of piperidine rings is 1. The van der Waals surface area contributed by atoms with Gasteiger partial charge in [0.15, 0.2) is 17.4 Å². The molecular formula is C13H14F2N2O3. The molecule has 7 heteroatoms. The lowest BCUT2D eigenvalue weighted by Crippen LogP contribution is -2.44. The smallest absolute Gasteiger partial charge is 0.275 e. The molecule has 1 atom stereocenters. The molecule has 20 heavy (non-hydrogen) atoms. The van der Waals surface area contributed by atoms with Gasteiger partial charge >= 0.3 is 0 Å². The van der Waals surface area contributed by atoms with Gasteiger partial charge in [0.25, 0.3) is 5.69 Å². The fourth-order valence-electron chi connectivity index (χ4n) is 2.55. The van der Waals surface area contributed by atoms with Crippen molar-refractivity contribution < 1.29 is 18.5 Å². The molecule has 0 radical (unpaired) electrons. The lowest BCUT2D eigenvalue weighted by Gasteiger charge is -2.36. The van der Waals surface area contributed by atoms with Crippen molar-refractivity contribution >= 4 is 17.2 Å². The number of nitrogens with zero attached hydrogens (tertiary/aromatic N) is 2. The highest BCUT2D eigenvalue weighted by molar-refractivity contribution is 5.85. The zero-order chi connectivity index (χ0) is 14.9. The van der Waals surface area contributed by atoms with Crippen LogP contribution >= 0.6 is 0 Å². The first-order valence-corrected chi connectivity index (χ1v) is 6.32. The average Bonchev–Trinajstić information content (AvgIpc) is 2.38. The van der Waals surface area contributed by atoms with Gasteiger partial charge in [0.2, 0.25) is 0 Å². The standard InChI is InChI=1S/C13H14F2N2O3/c1-8(18)12-4-2-3-5-16(12)13-10(14)6-9(17(19)20)7-11(13)15/h6-7,12H,2-5H2,1H3. The maximum atomic E-state index is 14.0. The van der Waals surface area contributed by atoms with Crippen molar-refractivity contribution in [3.05, 3.63) is 33.9 Å². The van der Waals surface area contributed by atoms with E-state index in [9.17, 15) is 23.7 Å². The summed E-state index contributed by atoms with van der Waals surface area (Å²) in [5, 5.41) is 10.6. The molecule has 0 spiro atoms. The van der Waals surface area contributed by atoms with Gasteiger partial charge in [0, 0.05) is 6.54 Å². The number of non-ortho nitro benzene ring substituents is 1. The molecule has 0 aliphatic carbocycles.